The van der Waals surface area contributed by atoms with Crippen molar-refractivity contribution in [3.05, 3.63) is 29.8 Å². The molecule has 8 heteroatoms. The van der Waals surface area contributed by atoms with Crippen LogP contribution in [0.5, 0.6) is 0 Å². The Morgan fingerprint density at radius 2 is 1.79 bits per heavy atom. The Morgan fingerprint density at radius 3 is 2.33 bits per heavy atom. The lowest BCUT2D eigenvalue weighted by atomic mass is 10.2. The number of hydrogen-bond donors (Lipinski definition) is 1. The van der Waals surface area contributed by atoms with E-state index in [1.807, 2.05) is 25.9 Å². The molecule has 0 radical (unpaired) electrons. The molecule has 2 atom stereocenters. The molecular weight excluding hydrogens is 348 g/mol. The average molecular weight is 375 g/mol. The predicted molar refractivity (Wildman–Crippen MR) is 95.8 cm³/mol. The van der Waals surface area contributed by atoms with Gasteiger partial charge < -0.3 is 10.2 Å². The van der Waals surface area contributed by atoms with Crippen molar-refractivity contribution in [1.29, 1.82) is 0 Å². The maximum Gasteiger partial charge on any atom is 0.183 e. The topological polar surface area (TPSA) is 83.5 Å². The number of likely N-dealkylation sites (N-methyl/N-ethyl adjacent to an activating group) is 1. The zero-order chi connectivity index (χ0) is 18.0. The van der Waals surface area contributed by atoms with Gasteiger partial charge in [0.1, 0.15) is 0 Å². The summed E-state index contributed by atoms with van der Waals surface area (Å²) in [6.45, 7) is 3.26. The van der Waals surface area contributed by atoms with Crippen molar-refractivity contribution < 1.29 is 16.8 Å². The summed E-state index contributed by atoms with van der Waals surface area (Å²) in [5.41, 5.74) is 1.05. The Kier molecular flexibility index (Phi) is 6.06. The third-order valence-corrected chi connectivity index (χ3v) is 8.49. The summed E-state index contributed by atoms with van der Waals surface area (Å²) >= 11 is 0. The summed E-state index contributed by atoms with van der Waals surface area (Å²) in [7, 11) is -3.22. The van der Waals surface area contributed by atoms with E-state index in [1.54, 1.807) is 24.3 Å². The van der Waals surface area contributed by atoms with Crippen LogP contribution in [-0.4, -0.2) is 71.7 Å². The Bertz CT molecular complexity index is 756. The van der Waals surface area contributed by atoms with Crippen molar-refractivity contribution in [2.75, 3.05) is 38.7 Å². The predicted octanol–water partition coefficient (Wildman–Crippen LogP) is 0.340. The Morgan fingerprint density at radius 1 is 1.17 bits per heavy atom. The quantitative estimate of drug-likeness (QED) is 0.741. The smallest absolute Gasteiger partial charge is 0.183 e. The number of aryl methyl sites for hydroxylation is 1. The minimum Gasteiger partial charge on any atom is -0.310 e. The fourth-order valence-electron chi connectivity index (χ4n) is 2.87. The first-order chi connectivity index (χ1) is 11.2. The fraction of sp³-hybridized carbons (Fsp3) is 0.625. The highest BCUT2D eigenvalue weighted by atomic mass is 32.2. The van der Waals surface area contributed by atoms with Crippen LogP contribution < -0.4 is 5.32 Å². The largest absolute Gasteiger partial charge is 0.310 e. The number of benzene rings is 1. The van der Waals surface area contributed by atoms with E-state index in [-0.39, 0.29) is 16.4 Å². The van der Waals surface area contributed by atoms with E-state index >= 15 is 0 Å². The first-order valence-electron chi connectivity index (χ1n) is 8.07. The zero-order valence-corrected chi connectivity index (χ0v) is 16.0. The minimum absolute atomic E-state index is 0.128. The third-order valence-electron chi connectivity index (χ3n) is 4.32. The molecule has 0 unspecified atom stereocenters. The molecular formula is C16H26N2O4S2. The lowest BCUT2D eigenvalue weighted by molar-refractivity contribution is 0.388. The van der Waals surface area contributed by atoms with Crippen LogP contribution in [-0.2, 0) is 26.1 Å². The molecule has 0 bridgehead atoms. The number of rotatable bonds is 7. The maximum atomic E-state index is 12.9. The van der Waals surface area contributed by atoms with Gasteiger partial charge in [-0.2, -0.15) is 0 Å². The molecule has 0 spiro atoms. The van der Waals surface area contributed by atoms with Gasteiger partial charge in [0.05, 0.1) is 21.7 Å². The summed E-state index contributed by atoms with van der Waals surface area (Å²) in [5, 5.41) is 2.18. The molecule has 1 aromatic carbocycles. The molecule has 6 nitrogen and oxygen atoms in total. The molecule has 2 rings (SSSR count). The Balaban J connectivity index is 2.24. The lowest BCUT2D eigenvalue weighted by Gasteiger charge is -2.21. The van der Waals surface area contributed by atoms with Crippen LogP contribution in [0.3, 0.4) is 0 Å². The van der Waals surface area contributed by atoms with Gasteiger partial charge in [0.2, 0.25) is 0 Å². The summed E-state index contributed by atoms with van der Waals surface area (Å²) < 4.78 is 49.9. The van der Waals surface area contributed by atoms with Crippen LogP contribution >= 0.6 is 0 Å². The SMILES string of the molecule is CCc1ccc(S(=O)(=O)[C@@H]2CS(=O)(=O)C[C@H]2NCCN(C)C)cc1. The van der Waals surface area contributed by atoms with Crippen molar-refractivity contribution in [3.63, 3.8) is 0 Å². The number of sulfone groups is 2. The van der Waals surface area contributed by atoms with Crippen molar-refractivity contribution in [2.45, 2.75) is 29.5 Å². The third kappa shape index (κ3) is 4.56. The standard InChI is InChI=1S/C16H26N2O4S2/c1-4-13-5-7-14(8-6-13)24(21,22)16-12-23(19,20)11-15(16)17-9-10-18(2)3/h5-8,15-17H,4,9-12H2,1-3H3/t15-,16-/m1/s1. The van der Waals surface area contributed by atoms with Gasteiger partial charge in [-0.05, 0) is 38.2 Å². The summed E-state index contributed by atoms with van der Waals surface area (Å²) in [6.07, 6.45) is 0.826. The van der Waals surface area contributed by atoms with Gasteiger partial charge in [-0.25, -0.2) is 16.8 Å². The van der Waals surface area contributed by atoms with Crippen LogP contribution in [0.1, 0.15) is 12.5 Å². The molecule has 0 amide bonds. The zero-order valence-electron chi connectivity index (χ0n) is 14.4. The maximum absolute atomic E-state index is 12.9. The molecule has 1 heterocycles. The molecule has 1 aromatic rings. The van der Waals surface area contributed by atoms with E-state index in [0.29, 0.717) is 13.1 Å². The summed E-state index contributed by atoms with van der Waals surface area (Å²) in [4.78, 5) is 2.16. The van der Waals surface area contributed by atoms with Crippen LogP contribution in [0.25, 0.3) is 0 Å². The van der Waals surface area contributed by atoms with Gasteiger partial charge in [0, 0.05) is 19.1 Å². The number of hydrogen-bond acceptors (Lipinski definition) is 6. The first-order valence-corrected chi connectivity index (χ1v) is 11.4. The van der Waals surface area contributed by atoms with Gasteiger partial charge in [-0.1, -0.05) is 19.1 Å². The second kappa shape index (κ2) is 7.51. The van der Waals surface area contributed by atoms with Crippen molar-refractivity contribution in [1.82, 2.24) is 10.2 Å². The number of nitrogens with one attached hydrogen (secondary N) is 1. The van der Waals surface area contributed by atoms with E-state index in [0.717, 1.165) is 12.0 Å². The first kappa shape index (κ1) is 19.4. The van der Waals surface area contributed by atoms with Crippen LogP contribution in [0.2, 0.25) is 0 Å². The monoisotopic (exact) mass is 374 g/mol. The van der Waals surface area contributed by atoms with Crippen LogP contribution in [0.15, 0.2) is 29.2 Å². The van der Waals surface area contributed by atoms with Gasteiger partial charge in [0.15, 0.2) is 19.7 Å². The van der Waals surface area contributed by atoms with Crippen molar-refractivity contribution >= 4 is 19.7 Å². The number of nitrogens with zero attached hydrogens (tertiary/aromatic N) is 1. The molecule has 136 valence electrons. The van der Waals surface area contributed by atoms with Crippen LogP contribution in [0, 0.1) is 0 Å². The Labute approximate surface area is 145 Å². The van der Waals surface area contributed by atoms with Crippen LogP contribution in [0.4, 0.5) is 0 Å². The molecule has 24 heavy (non-hydrogen) atoms. The lowest BCUT2D eigenvalue weighted by Crippen LogP contribution is -2.45. The van der Waals surface area contributed by atoms with Crippen molar-refractivity contribution in [3.8, 4) is 0 Å². The fourth-order valence-corrected chi connectivity index (χ4v) is 7.59. The van der Waals surface area contributed by atoms with E-state index in [2.05, 4.69) is 5.32 Å². The van der Waals surface area contributed by atoms with Gasteiger partial charge in [-0.15, -0.1) is 0 Å². The minimum atomic E-state index is -3.69. The van der Waals surface area contributed by atoms with Gasteiger partial charge in [-0.3, -0.25) is 0 Å². The molecule has 0 aliphatic carbocycles. The molecule has 0 saturated carbocycles. The van der Waals surface area contributed by atoms with E-state index < -0.39 is 31.0 Å². The summed E-state index contributed by atoms with van der Waals surface area (Å²) in [5.74, 6) is -0.443. The van der Waals surface area contributed by atoms with Gasteiger partial charge >= 0.3 is 0 Å². The molecule has 1 aliphatic heterocycles. The van der Waals surface area contributed by atoms with E-state index in [4.69, 9.17) is 0 Å². The highest BCUT2D eigenvalue weighted by Gasteiger charge is 2.45. The summed E-state index contributed by atoms with van der Waals surface area (Å²) in [6, 6.07) is 6.16. The van der Waals surface area contributed by atoms with Crippen molar-refractivity contribution in [2.24, 2.45) is 0 Å². The van der Waals surface area contributed by atoms with E-state index in [1.165, 1.54) is 0 Å². The highest BCUT2D eigenvalue weighted by Crippen LogP contribution is 2.26. The molecule has 1 N–H and O–H groups in total. The highest BCUT2D eigenvalue weighted by molar-refractivity contribution is 7.96. The molecule has 0 aromatic heterocycles. The van der Waals surface area contributed by atoms with E-state index in [9.17, 15) is 16.8 Å². The molecule has 1 saturated heterocycles. The molecule has 1 fully saturated rings. The second-order valence-electron chi connectivity index (χ2n) is 6.52. The normalized spacial score (nSPS) is 23.7. The Hall–Kier alpha value is -0.960. The average Bonchev–Trinajstić information content (AvgIpc) is 2.82. The van der Waals surface area contributed by atoms with Gasteiger partial charge in [0.25, 0.3) is 0 Å². The second-order valence-corrected chi connectivity index (χ2v) is 10.8. The molecule has 1 aliphatic rings.